The van der Waals surface area contributed by atoms with E-state index in [1.807, 2.05) is 37.3 Å². The van der Waals surface area contributed by atoms with Crippen molar-refractivity contribution in [1.29, 1.82) is 0 Å². The average molecular weight is 308 g/mol. The number of hydrogen-bond donors (Lipinski definition) is 1. The third-order valence-corrected chi connectivity index (χ3v) is 4.17. The predicted molar refractivity (Wildman–Crippen MR) is 85.9 cm³/mol. The molecule has 0 radical (unpaired) electrons. The van der Waals surface area contributed by atoms with Gasteiger partial charge in [-0.25, -0.2) is 0 Å². The molecule has 0 aromatic heterocycles. The lowest BCUT2D eigenvalue weighted by atomic mass is 10.1. The number of hydrogen-bond acceptors (Lipinski definition) is 3. The Balaban J connectivity index is 2.15. The highest BCUT2D eigenvalue weighted by molar-refractivity contribution is 7.99. The number of methoxy groups -OCH3 is 1. The first kappa shape index (κ1) is 15.2. The molecule has 0 spiro atoms. The summed E-state index contributed by atoms with van der Waals surface area (Å²) in [4.78, 5) is 2.23. The second kappa shape index (κ2) is 7.02. The largest absolute Gasteiger partial charge is 0.497 e. The van der Waals surface area contributed by atoms with E-state index in [0.29, 0.717) is 0 Å². The van der Waals surface area contributed by atoms with Gasteiger partial charge in [0, 0.05) is 20.9 Å². The molecule has 0 aliphatic heterocycles. The minimum atomic E-state index is 0.115. The van der Waals surface area contributed by atoms with Gasteiger partial charge in [0.05, 0.1) is 7.11 Å². The van der Waals surface area contributed by atoms with Crippen LogP contribution >= 0.6 is 23.4 Å². The fraction of sp³-hybridized carbons (Fsp3) is 0.250. The molecule has 1 atom stereocenters. The molecular weight excluding hydrogens is 290 g/mol. The summed E-state index contributed by atoms with van der Waals surface area (Å²) in [5.41, 5.74) is 6.90. The van der Waals surface area contributed by atoms with Gasteiger partial charge in [-0.2, -0.15) is 0 Å². The first-order chi connectivity index (χ1) is 9.58. The van der Waals surface area contributed by atoms with E-state index in [-0.39, 0.29) is 6.04 Å². The van der Waals surface area contributed by atoms with Crippen LogP contribution in [0.5, 0.6) is 5.75 Å². The van der Waals surface area contributed by atoms with Crippen molar-refractivity contribution in [2.75, 3.05) is 7.11 Å². The molecule has 4 heteroatoms. The lowest BCUT2D eigenvalue weighted by Gasteiger charge is -2.09. The lowest BCUT2D eigenvalue weighted by Crippen LogP contribution is -2.17. The number of halogens is 1. The van der Waals surface area contributed by atoms with Crippen LogP contribution in [0.4, 0.5) is 0 Å². The first-order valence-corrected chi connectivity index (χ1v) is 7.64. The topological polar surface area (TPSA) is 35.2 Å². The van der Waals surface area contributed by atoms with Crippen LogP contribution in [0.25, 0.3) is 0 Å². The normalized spacial score (nSPS) is 12.2. The summed E-state index contributed by atoms with van der Waals surface area (Å²) >= 11 is 7.97. The first-order valence-electron chi connectivity index (χ1n) is 6.44. The second-order valence-corrected chi connectivity index (χ2v) is 6.27. The van der Waals surface area contributed by atoms with E-state index in [2.05, 4.69) is 12.1 Å². The summed E-state index contributed by atoms with van der Waals surface area (Å²) in [6.45, 7) is 1.98. The third-order valence-electron chi connectivity index (χ3n) is 2.84. The molecule has 20 heavy (non-hydrogen) atoms. The van der Waals surface area contributed by atoms with E-state index < -0.39 is 0 Å². The van der Waals surface area contributed by atoms with Gasteiger partial charge in [-0.15, -0.1) is 0 Å². The molecule has 2 N–H and O–H groups in total. The molecule has 2 aromatic rings. The van der Waals surface area contributed by atoms with E-state index in [9.17, 15) is 0 Å². The van der Waals surface area contributed by atoms with Crippen LogP contribution in [0.1, 0.15) is 12.5 Å². The van der Waals surface area contributed by atoms with Gasteiger partial charge in [0.2, 0.25) is 0 Å². The summed E-state index contributed by atoms with van der Waals surface area (Å²) in [5, 5.41) is 0.773. The minimum Gasteiger partial charge on any atom is -0.497 e. The highest BCUT2D eigenvalue weighted by Crippen LogP contribution is 2.32. The molecule has 0 aliphatic rings. The van der Waals surface area contributed by atoms with Crippen molar-refractivity contribution >= 4 is 23.4 Å². The van der Waals surface area contributed by atoms with Crippen molar-refractivity contribution in [1.82, 2.24) is 0 Å². The van der Waals surface area contributed by atoms with Crippen molar-refractivity contribution in [3.63, 3.8) is 0 Å². The molecular formula is C16H18ClNOS. The maximum atomic E-state index is 6.30. The smallest absolute Gasteiger partial charge is 0.119 e. The predicted octanol–water partition coefficient (Wildman–Crippen LogP) is 4.39. The van der Waals surface area contributed by atoms with Crippen LogP contribution in [-0.2, 0) is 6.42 Å². The molecule has 0 heterocycles. The summed E-state index contributed by atoms with van der Waals surface area (Å²) in [6.07, 6.45) is 0.795. The molecule has 0 saturated carbocycles. The van der Waals surface area contributed by atoms with Crippen molar-refractivity contribution in [3.8, 4) is 5.75 Å². The Bertz CT molecular complexity index is 586. The van der Waals surface area contributed by atoms with Gasteiger partial charge in [-0.3, -0.25) is 0 Å². The Morgan fingerprint density at radius 3 is 2.60 bits per heavy atom. The van der Waals surface area contributed by atoms with Crippen LogP contribution < -0.4 is 10.5 Å². The number of ether oxygens (including phenoxy) is 1. The molecule has 0 bridgehead atoms. The maximum absolute atomic E-state index is 6.30. The zero-order valence-electron chi connectivity index (χ0n) is 11.6. The van der Waals surface area contributed by atoms with E-state index in [1.54, 1.807) is 18.9 Å². The molecule has 2 aromatic carbocycles. The van der Waals surface area contributed by atoms with Crippen molar-refractivity contribution < 1.29 is 4.74 Å². The van der Waals surface area contributed by atoms with E-state index in [0.717, 1.165) is 32.5 Å². The molecule has 0 aliphatic carbocycles. The molecule has 106 valence electrons. The number of benzene rings is 2. The quantitative estimate of drug-likeness (QED) is 0.890. The fourth-order valence-electron chi connectivity index (χ4n) is 1.90. The Labute approximate surface area is 129 Å². The lowest BCUT2D eigenvalue weighted by molar-refractivity contribution is 0.413. The Morgan fingerprint density at radius 1 is 1.20 bits per heavy atom. The summed E-state index contributed by atoms with van der Waals surface area (Å²) in [7, 11) is 1.67. The number of rotatable bonds is 5. The van der Waals surface area contributed by atoms with Gasteiger partial charge in [0.25, 0.3) is 0 Å². The van der Waals surface area contributed by atoms with Gasteiger partial charge in [0.15, 0.2) is 0 Å². The molecule has 0 fully saturated rings. The van der Waals surface area contributed by atoms with Crippen LogP contribution in [0.2, 0.25) is 5.02 Å². The van der Waals surface area contributed by atoms with E-state index >= 15 is 0 Å². The zero-order chi connectivity index (χ0) is 14.5. The summed E-state index contributed by atoms with van der Waals surface area (Å²) < 4.78 is 5.23. The molecule has 2 nitrogen and oxygen atoms in total. The van der Waals surface area contributed by atoms with Gasteiger partial charge in [-0.05, 0) is 49.2 Å². The van der Waals surface area contributed by atoms with Gasteiger partial charge < -0.3 is 10.5 Å². The second-order valence-electron chi connectivity index (χ2n) is 4.72. The SMILES string of the molecule is COc1cccc(Sc2ccc(CC(C)N)c(Cl)c2)c1. The molecule has 0 saturated heterocycles. The molecule has 2 rings (SSSR count). The van der Waals surface area contributed by atoms with Crippen LogP contribution in [0, 0.1) is 0 Å². The molecule has 1 unspecified atom stereocenters. The molecule has 0 amide bonds. The Morgan fingerprint density at radius 2 is 1.95 bits per heavy atom. The summed E-state index contributed by atoms with van der Waals surface area (Å²) in [6, 6.07) is 14.2. The third kappa shape index (κ3) is 4.17. The monoisotopic (exact) mass is 307 g/mol. The van der Waals surface area contributed by atoms with E-state index in [1.165, 1.54) is 0 Å². The van der Waals surface area contributed by atoms with Gasteiger partial charge in [-0.1, -0.05) is 35.5 Å². The minimum absolute atomic E-state index is 0.115. The van der Waals surface area contributed by atoms with Gasteiger partial charge in [0.1, 0.15) is 5.75 Å². The number of nitrogens with two attached hydrogens (primary N) is 1. The van der Waals surface area contributed by atoms with Crippen LogP contribution in [0.3, 0.4) is 0 Å². The average Bonchev–Trinajstić information content (AvgIpc) is 2.42. The van der Waals surface area contributed by atoms with Crippen molar-refractivity contribution in [3.05, 3.63) is 53.1 Å². The maximum Gasteiger partial charge on any atom is 0.119 e. The van der Waals surface area contributed by atoms with Crippen molar-refractivity contribution in [2.24, 2.45) is 5.73 Å². The fourth-order valence-corrected chi connectivity index (χ4v) is 3.13. The van der Waals surface area contributed by atoms with Gasteiger partial charge >= 0.3 is 0 Å². The Hall–Kier alpha value is -1.16. The highest BCUT2D eigenvalue weighted by Gasteiger charge is 2.06. The van der Waals surface area contributed by atoms with Crippen LogP contribution in [-0.4, -0.2) is 13.2 Å². The van der Waals surface area contributed by atoms with Crippen molar-refractivity contribution in [2.45, 2.75) is 29.2 Å². The summed E-state index contributed by atoms with van der Waals surface area (Å²) in [5.74, 6) is 0.856. The van der Waals surface area contributed by atoms with Crippen LogP contribution in [0.15, 0.2) is 52.3 Å². The van der Waals surface area contributed by atoms with E-state index in [4.69, 9.17) is 22.1 Å². The highest BCUT2D eigenvalue weighted by atomic mass is 35.5. The Kier molecular flexibility index (Phi) is 5.35. The zero-order valence-corrected chi connectivity index (χ0v) is 13.2. The standard InChI is InChI=1S/C16H18ClNOS/c1-11(18)8-12-6-7-15(10-16(12)17)20-14-5-3-4-13(9-14)19-2/h3-7,9-11H,8,18H2,1-2H3.